The maximum Gasteiger partial charge on any atom is 0.270 e. The molecule has 4 aromatic rings. The summed E-state index contributed by atoms with van der Waals surface area (Å²) in [5.74, 6) is -0.664. The summed E-state index contributed by atoms with van der Waals surface area (Å²) in [7, 11) is 0. The van der Waals surface area contributed by atoms with Gasteiger partial charge in [0.05, 0.1) is 12.2 Å². The summed E-state index contributed by atoms with van der Waals surface area (Å²) in [6.45, 7) is 0.765. The highest BCUT2D eigenvalue weighted by Gasteiger charge is 2.12. The molecule has 0 aliphatic heterocycles. The molecule has 0 atom stereocenters. The van der Waals surface area contributed by atoms with Gasteiger partial charge in [-0.1, -0.05) is 30.3 Å². The second-order valence-corrected chi connectivity index (χ2v) is 6.78. The van der Waals surface area contributed by atoms with E-state index >= 15 is 0 Å². The van der Waals surface area contributed by atoms with Crippen molar-refractivity contribution in [3.63, 3.8) is 0 Å². The van der Waals surface area contributed by atoms with E-state index in [-0.39, 0.29) is 23.2 Å². The molecule has 3 aromatic heterocycles. The van der Waals surface area contributed by atoms with E-state index in [9.17, 15) is 9.59 Å². The van der Waals surface area contributed by atoms with E-state index in [1.165, 1.54) is 0 Å². The molecule has 0 saturated carbocycles. The summed E-state index contributed by atoms with van der Waals surface area (Å²) >= 11 is 0. The van der Waals surface area contributed by atoms with Gasteiger partial charge >= 0.3 is 0 Å². The van der Waals surface area contributed by atoms with Gasteiger partial charge in [-0.15, -0.1) is 0 Å². The van der Waals surface area contributed by atoms with Gasteiger partial charge in [-0.05, 0) is 42.3 Å². The number of carbonyl (C=O) groups excluding carboxylic acids is 2. The third kappa shape index (κ3) is 4.52. The Kier molecular flexibility index (Phi) is 5.80. The van der Waals surface area contributed by atoms with Gasteiger partial charge in [-0.3, -0.25) is 14.6 Å². The molecule has 4 rings (SSSR count). The van der Waals surface area contributed by atoms with Gasteiger partial charge in [0.15, 0.2) is 0 Å². The van der Waals surface area contributed by atoms with E-state index < -0.39 is 0 Å². The first-order valence-corrected chi connectivity index (χ1v) is 9.69. The number of amides is 2. The number of aromatic amines is 1. The lowest BCUT2D eigenvalue weighted by Crippen LogP contribution is -2.28. The molecule has 0 fully saturated rings. The Morgan fingerprint density at radius 1 is 0.867 bits per heavy atom. The number of para-hydroxylation sites is 1. The van der Waals surface area contributed by atoms with Gasteiger partial charge in [0, 0.05) is 29.8 Å². The maximum absolute atomic E-state index is 12.5. The number of hydrogen-bond acceptors (Lipinski definition) is 4. The number of rotatable bonds is 7. The molecule has 7 heteroatoms. The van der Waals surface area contributed by atoms with Crippen LogP contribution in [0.2, 0.25) is 0 Å². The number of nitrogens with zero attached hydrogens (tertiary/aromatic N) is 2. The van der Waals surface area contributed by atoms with Crippen molar-refractivity contribution in [2.24, 2.45) is 0 Å². The molecule has 0 spiro atoms. The summed E-state index contributed by atoms with van der Waals surface area (Å²) in [5, 5.41) is 6.78. The van der Waals surface area contributed by atoms with E-state index in [2.05, 4.69) is 31.7 Å². The minimum Gasteiger partial charge on any atom is -0.361 e. The van der Waals surface area contributed by atoms with Gasteiger partial charge in [0.1, 0.15) is 11.4 Å². The van der Waals surface area contributed by atoms with Crippen molar-refractivity contribution >= 4 is 22.7 Å². The average molecular weight is 399 g/mol. The lowest BCUT2D eigenvalue weighted by atomic mass is 10.1. The number of hydrogen-bond donors (Lipinski definition) is 3. The number of H-pyrrole nitrogens is 1. The molecule has 3 N–H and O–H groups in total. The molecule has 30 heavy (non-hydrogen) atoms. The van der Waals surface area contributed by atoms with Gasteiger partial charge < -0.3 is 15.6 Å². The van der Waals surface area contributed by atoms with Crippen LogP contribution < -0.4 is 10.6 Å². The Labute approximate surface area is 173 Å². The number of aromatic nitrogens is 3. The highest BCUT2D eigenvalue weighted by atomic mass is 16.2. The third-order valence-corrected chi connectivity index (χ3v) is 4.73. The number of pyridine rings is 2. The Balaban J connectivity index is 1.33. The summed E-state index contributed by atoms with van der Waals surface area (Å²) in [4.78, 5) is 36.4. The van der Waals surface area contributed by atoms with Crippen LogP contribution in [-0.4, -0.2) is 33.3 Å². The number of benzene rings is 1. The monoisotopic (exact) mass is 399 g/mol. The van der Waals surface area contributed by atoms with E-state index in [0.717, 1.165) is 22.2 Å². The van der Waals surface area contributed by atoms with Crippen LogP contribution in [0.3, 0.4) is 0 Å². The molecule has 3 heterocycles. The third-order valence-electron chi connectivity index (χ3n) is 4.73. The Morgan fingerprint density at radius 2 is 1.63 bits per heavy atom. The summed E-state index contributed by atoms with van der Waals surface area (Å²) in [6, 6.07) is 18.4. The first-order chi connectivity index (χ1) is 14.7. The standard InChI is InChI=1S/C23H21N5O2/c29-22(25-13-11-16-14-26-19-8-2-1-7-18(16)19)20-9-5-10-21(28-20)23(30)27-15-17-6-3-4-12-24-17/h1-10,12,14,26H,11,13,15H2,(H,25,29)(H,27,30). The van der Waals surface area contributed by atoms with E-state index in [1.807, 2.05) is 42.6 Å². The van der Waals surface area contributed by atoms with Crippen LogP contribution in [0.15, 0.2) is 73.1 Å². The van der Waals surface area contributed by atoms with Crippen LogP contribution in [0, 0.1) is 0 Å². The predicted molar refractivity (Wildman–Crippen MR) is 114 cm³/mol. The molecule has 1 aromatic carbocycles. The molecular formula is C23H21N5O2. The number of fused-ring (bicyclic) bond motifs is 1. The smallest absolute Gasteiger partial charge is 0.270 e. The fourth-order valence-corrected chi connectivity index (χ4v) is 3.19. The predicted octanol–water partition coefficient (Wildman–Crippen LogP) is 2.86. The molecule has 0 bridgehead atoms. The summed E-state index contributed by atoms with van der Waals surface area (Å²) < 4.78 is 0. The zero-order chi connectivity index (χ0) is 20.8. The minimum atomic E-state index is -0.353. The van der Waals surface area contributed by atoms with Crippen molar-refractivity contribution in [1.29, 1.82) is 0 Å². The Morgan fingerprint density at radius 3 is 2.43 bits per heavy atom. The molecular weight excluding hydrogens is 378 g/mol. The SMILES string of the molecule is O=C(NCCc1c[nH]c2ccccc12)c1cccc(C(=O)NCc2ccccn2)n1. The van der Waals surface area contributed by atoms with E-state index in [1.54, 1.807) is 24.4 Å². The lowest BCUT2D eigenvalue weighted by molar-refractivity contribution is 0.0942. The van der Waals surface area contributed by atoms with Gasteiger partial charge in [0.25, 0.3) is 11.8 Å². The highest BCUT2D eigenvalue weighted by Crippen LogP contribution is 2.17. The first kappa shape index (κ1) is 19.3. The molecule has 0 radical (unpaired) electrons. The quantitative estimate of drug-likeness (QED) is 0.445. The zero-order valence-corrected chi connectivity index (χ0v) is 16.3. The first-order valence-electron chi connectivity index (χ1n) is 9.69. The maximum atomic E-state index is 12.5. The molecule has 0 aliphatic rings. The normalized spacial score (nSPS) is 10.7. The highest BCUT2D eigenvalue weighted by molar-refractivity contribution is 5.96. The van der Waals surface area contributed by atoms with Crippen molar-refractivity contribution in [2.75, 3.05) is 6.54 Å². The summed E-state index contributed by atoms with van der Waals surface area (Å²) in [5.41, 5.74) is 3.36. The van der Waals surface area contributed by atoms with Crippen LogP contribution in [0.4, 0.5) is 0 Å². The van der Waals surface area contributed by atoms with Gasteiger partial charge in [-0.2, -0.15) is 0 Å². The van der Waals surface area contributed by atoms with Crippen LogP contribution in [0.1, 0.15) is 32.2 Å². The van der Waals surface area contributed by atoms with Crippen molar-refractivity contribution < 1.29 is 9.59 Å². The minimum absolute atomic E-state index is 0.190. The van der Waals surface area contributed by atoms with Gasteiger partial charge in [0.2, 0.25) is 0 Å². The molecule has 0 unspecified atom stereocenters. The second kappa shape index (κ2) is 9.00. The van der Waals surface area contributed by atoms with E-state index in [4.69, 9.17) is 0 Å². The zero-order valence-electron chi connectivity index (χ0n) is 16.3. The van der Waals surface area contributed by atoms with Crippen molar-refractivity contribution in [2.45, 2.75) is 13.0 Å². The van der Waals surface area contributed by atoms with E-state index in [0.29, 0.717) is 19.5 Å². The number of nitrogens with one attached hydrogen (secondary N) is 3. The second-order valence-electron chi connectivity index (χ2n) is 6.78. The van der Waals surface area contributed by atoms with Gasteiger partial charge in [-0.25, -0.2) is 4.98 Å². The fraction of sp³-hybridized carbons (Fsp3) is 0.130. The molecule has 0 aliphatic carbocycles. The number of carbonyl (C=O) groups is 2. The average Bonchev–Trinajstić information content (AvgIpc) is 3.21. The molecule has 2 amide bonds. The van der Waals surface area contributed by atoms with Crippen LogP contribution in [-0.2, 0) is 13.0 Å². The molecule has 7 nitrogen and oxygen atoms in total. The Hall–Kier alpha value is -4.00. The molecule has 0 saturated heterocycles. The van der Waals surface area contributed by atoms with Crippen LogP contribution in [0.25, 0.3) is 10.9 Å². The van der Waals surface area contributed by atoms with Crippen molar-refractivity contribution in [3.8, 4) is 0 Å². The van der Waals surface area contributed by atoms with Crippen LogP contribution in [0.5, 0.6) is 0 Å². The van der Waals surface area contributed by atoms with Crippen molar-refractivity contribution in [1.82, 2.24) is 25.6 Å². The summed E-state index contributed by atoms with van der Waals surface area (Å²) in [6.07, 6.45) is 4.32. The lowest BCUT2D eigenvalue weighted by Gasteiger charge is -2.07. The Bertz CT molecular complexity index is 1170. The topological polar surface area (TPSA) is 99.8 Å². The van der Waals surface area contributed by atoms with Crippen molar-refractivity contribution in [3.05, 3.63) is 95.7 Å². The largest absolute Gasteiger partial charge is 0.361 e. The fourth-order valence-electron chi connectivity index (χ4n) is 3.19. The molecule has 150 valence electrons. The van der Waals surface area contributed by atoms with Crippen LogP contribution >= 0.6 is 0 Å².